The van der Waals surface area contributed by atoms with Gasteiger partial charge in [-0.3, -0.25) is 4.98 Å². The number of alkyl halides is 1. The lowest BCUT2D eigenvalue weighted by Gasteiger charge is -2.20. The van der Waals surface area contributed by atoms with Gasteiger partial charge in [-0.15, -0.1) is 0 Å². The molecule has 0 spiro atoms. The van der Waals surface area contributed by atoms with Crippen LogP contribution in [0.15, 0.2) is 36.7 Å². The zero-order chi connectivity index (χ0) is 10.9. The maximum absolute atomic E-state index is 14.1. The van der Waals surface area contributed by atoms with Gasteiger partial charge in [0.1, 0.15) is 5.67 Å². The molecular weight excluding hydrogens is 191 g/mol. The van der Waals surface area contributed by atoms with Gasteiger partial charge in [0, 0.05) is 24.3 Å². The smallest absolute Gasteiger partial charge is 0.145 e. The number of pyridine rings is 1. The zero-order valence-electron chi connectivity index (χ0n) is 8.57. The van der Waals surface area contributed by atoms with Crippen molar-refractivity contribution < 1.29 is 4.39 Å². The molecule has 2 nitrogen and oxygen atoms in total. The van der Waals surface area contributed by atoms with Crippen LogP contribution in [0, 0.1) is 0 Å². The van der Waals surface area contributed by atoms with E-state index in [1.807, 2.05) is 18.2 Å². The molecule has 2 N–H and O–H groups in total. The standard InChI is InChI=1S/C12H13FN2/c1-12(13,8-14)11-4-2-3-9-7-15-6-5-10(9)11/h2-7H,8,14H2,1H3. The molecule has 0 saturated heterocycles. The summed E-state index contributed by atoms with van der Waals surface area (Å²) < 4.78 is 14.1. The molecule has 1 aromatic heterocycles. The highest BCUT2D eigenvalue weighted by atomic mass is 19.1. The highest BCUT2D eigenvalue weighted by molar-refractivity contribution is 5.85. The highest BCUT2D eigenvalue weighted by Crippen LogP contribution is 2.30. The van der Waals surface area contributed by atoms with Gasteiger partial charge in [0.15, 0.2) is 0 Å². The number of fused-ring (bicyclic) bond motifs is 1. The van der Waals surface area contributed by atoms with Crippen LogP contribution in [0.5, 0.6) is 0 Å². The van der Waals surface area contributed by atoms with Crippen LogP contribution in [0.4, 0.5) is 4.39 Å². The molecule has 0 fully saturated rings. The number of hydrogen-bond donors (Lipinski definition) is 1. The molecule has 0 bridgehead atoms. The number of nitrogens with two attached hydrogens (primary N) is 1. The summed E-state index contributed by atoms with van der Waals surface area (Å²) >= 11 is 0. The number of hydrogen-bond acceptors (Lipinski definition) is 2. The molecule has 2 rings (SSSR count). The van der Waals surface area contributed by atoms with E-state index in [4.69, 9.17) is 5.73 Å². The lowest BCUT2D eigenvalue weighted by molar-refractivity contribution is 0.205. The Balaban J connectivity index is 2.71. The van der Waals surface area contributed by atoms with E-state index < -0.39 is 5.67 Å². The summed E-state index contributed by atoms with van der Waals surface area (Å²) in [7, 11) is 0. The summed E-state index contributed by atoms with van der Waals surface area (Å²) in [6.45, 7) is 1.48. The molecule has 0 aliphatic rings. The molecule has 3 heteroatoms. The second-order valence-electron chi connectivity index (χ2n) is 3.80. The fourth-order valence-electron chi connectivity index (χ4n) is 1.69. The van der Waals surface area contributed by atoms with Crippen molar-refractivity contribution in [3.63, 3.8) is 0 Å². The first-order chi connectivity index (χ1) is 7.15. The van der Waals surface area contributed by atoms with Crippen LogP contribution in [0.1, 0.15) is 12.5 Å². The van der Waals surface area contributed by atoms with E-state index in [-0.39, 0.29) is 6.54 Å². The van der Waals surface area contributed by atoms with E-state index in [1.54, 1.807) is 18.5 Å². The average molecular weight is 204 g/mol. The minimum Gasteiger partial charge on any atom is -0.327 e. The fourth-order valence-corrected chi connectivity index (χ4v) is 1.69. The van der Waals surface area contributed by atoms with Gasteiger partial charge >= 0.3 is 0 Å². The van der Waals surface area contributed by atoms with Gasteiger partial charge in [0.2, 0.25) is 0 Å². The summed E-state index contributed by atoms with van der Waals surface area (Å²) in [5.74, 6) is 0. The van der Waals surface area contributed by atoms with Crippen LogP contribution < -0.4 is 5.73 Å². The maximum atomic E-state index is 14.1. The van der Waals surface area contributed by atoms with Crippen molar-refractivity contribution >= 4 is 10.8 Å². The Labute approximate surface area is 87.9 Å². The summed E-state index contributed by atoms with van der Waals surface area (Å²) in [5, 5.41) is 1.82. The van der Waals surface area contributed by atoms with Crippen molar-refractivity contribution in [3.8, 4) is 0 Å². The third-order valence-corrected chi connectivity index (χ3v) is 2.63. The SMILES string of the molecule is CC(F)(CN)c1cccc2cnccc12. The maximum Gasteiger partial charge on any atom is 0.145 e. The van der Waals surface area contributed by atoms with E-state index in [0.717, 1.165) is 10.8 Å². The summed E-state index contributed by atoms with van der Waals surface area (Å²) in [6, 6.07) is 7.33. The molecule has 78 valence electrons. The van der Waals surface area contributed by atoms with Crippen molar-refractivity contribution in [2.24, 2.45) is 5.73 Å². The van der Waals surface area contributed by atoms with Crippen molar-refractivity contribution in [1.29, 1.82) is 0 Å². The molecule has 1 heterocycles. The van der Waals surface area contributed by atoms with Gasteiger partial charge < -0.3 is 5.73 Å². The number of benzene rings is 1. The average Bonchev–Trinajstić information content (AvgIpc) is 2.28. The second kappa shape index (κ2) is 3.59. The Kier molecular flexibility index (Phi) is 2.40. The van der Waals surface area contributed by atoms with Crippen molar-refractivity contribution in [2.45, 2.75) is 12.6 Å². The molecule has 1 unspecified atom stereocenters. The normalized spacial score (nSPS) is 15.1. The zero-order valence-corrected chi connectivity index (χ0v) is 8.57. The minimum absolute atomic E-state index is 0.0194. The quantitative estimate of drug-likeness (QED) is 0.815. The highest BCUT2D eigenvalue weighted by Gasteiger charge is 2.25. The van der Waals surface area contributed by atoms with E-state index in [2.05, 4.69) is 4.98 Å². The molecule has 15 heavy (non-hydrogen) atoms. The lowest BCUT2D eigenvalue weighted by Crippen LogP contribution is -2.26. The van der Waals surface area contributed by atoms with E-state index in [0.29, 0.717) is 5.56 Å². The van der Waals surface area contributed by atoms with Crippen LogP contribution in [0.3, 0.4) is 0 Å². The van der Waals surface area contributed by atoms with Crippen molar-refractivity contribution in [1.82, 2.24) is 4.98 Å². The first-order valence-corrected chi connectivity index (χ1v) is 4.87. The number of halogens is 1. The van der Waals surface area contributed by atoms with Crippen LogP contribution in [-0.2, 0) is 5.67 Å². The third kappa shape index (κ3) is 1.70. The van der Waals surface area contributed by atoms with Crippen LogP contribution in [0.25, 0.3) is 10.8 Å². The third-order valence-electron chi connectivity index (χ3n) is 2.63. The number of nitrogens with zero attached hydrogens (tertiary/aromatic N) is 1. The van der Waals surface area contributed by atoms with Gasteiger partial charge in [-0.05, 0) is 23.9 Å². The Hall–Kier alpha value is -1.48. The van der Waals surface area contributed by atoms with E-state index in [9.17, 15) is 4.39 Å². The predicted octanol–water partition coefficient (Wildman–Crippen LogP) is 2.38. The summed E-state index contributed by atoms with van der Waals surface area (Å²) in [4.78, 5) is 4.01. The molecule has 0 saturated carbocycles. The van der Waals surface area contributed by atoms with Crippen molar-refractivity contribution in [2.75, 3.05) is 6.54 Å². The largest absolute Gasteiger partial charge is 0.327 e. The summed E-state index contributed by atoms with van der Waals surface area (Å²) in [5.41, 5.74) is 4.58. The minimum atomic E-state index is -1.49. The van der Waals surface area contributed by atoms with Gasteiger partial charge in [0.05, 0.1) is 0 Å². The fraction of sp³-hybridized carbons (Fsp3) is 0.250. The Morgan fingerprint density at radius 2 is 2.20 bits per heavy atom. The van der Waals surface area contributed by atoms with E-state index >= 15 is 0 Å². The van der Waals surface area contributed by atoms with Gasteiger partial charge in [-0.1, -0.05) is 18.2 Å². The van der Waals surface area contributed by atoms with Crippen LogP contribution >= 0.6 is 0 Å². The monoisotopic (exact) mass is 204 g/mol. The molecular formula is C12H13FN2. The molecule has 0 aliphatic heterocycles. The lowest BCUT2D eigenvalue weighted by atomic mass is 9.93. The first-order valence-electron chi connectivity index (χ1n) is 4.87. The Morgan fingerprint density at radius 3 is 2.93 bits per heavy atom. The topological polar surface area (TPSA) is 38.9 Å². The van der Waals surface area contributed by atoms with Gasteiger partial charge in [0.25, 0.3) is 0 Å². The van der Waals surface area contributed by atoms with Crippen LogP contribution in [-0.4, -0.2) is 11.5 Å². The summed E-state index contributed by atoms with van der Waals surface area (Å²) in [6.07, 6.45) is 3.39. The molecule has 0 radical (unpaired) electrons. The molecule has 2 aromatic rings. The van der Waals surface area contributed by atoms with E-state index in [1.165, 1.54) is 6.92 Å². The predicted molar refractivity (Wildman–Crippen MR) is 59.3 cm³/mol. The molecule has 0 aliphatic carbocycles. The Bertz CT molecular complexity index is 475. The molecule has 0 amide bonds. The Morgan fingerprint density at radius 1 is 1.40 bits per heavy atom. The first kappa shape index (κ1) is 10.1. The number of aromatic nitrogens is 1. The second-order valence-corrected chi connectivity index (χ2v) is 3.80. The van der Waals surface area contributed by atoms with Gasteiger partial charge in [-0.25, -0.2) is 4.39 Å². The molecule has 1 atom stereocenters. The number of rotatable bonds is 2. The van der Waals surface area contributed by atoms with Crippen molar-refractivity contribution in [3.05, 3.63) is 42.2 Å². The molecule has 1 aromatic carbocycles. The van der Waals surface area contributed by atoms with Crippen LogP contribution in [0.2, 0.25) is 0 Å². The van der Waals surface area contributed by atoms with Gasteiger partial charge in [-0.2, -0.15) is 0 Å².